The minimum absolute atomic E-state index is 0.0988. The monoisotopic (exact) mass is 368 g/mol. The fourth-order valence-electron chi connectivity index (χ4n) is 1.64. The highest BCUT2D eigenvalue weighted by Crippen LogP contribution is 2.24. The molecule has 0 aliphatic heterocycles. The molecule has 1 heterocycles. The number of carbonyl (C=O) groups excluding carboxylic acids is 3. The van der Waals surface area contributed by atoms with Crippen LogP contribution in [0.3, 0.4) is 0 Å². The van der Waals surface area contributed by atoms with Gasteiger partial charge >= 0.3 is 6.09 Å². The van der Waals surface area contributed by atoms with E-state index in [0.717, 1.165) is 23.3 Å². The molecule has 2 rings (SSSR count). The lowest BCUT2D eigenvalue weighted by Gasteiger charge is -2.06. The number of halogens is 1. The number of thioether (sulfide) groups is 1. The molecule has 0 spiro atoms. The Balaban J connectivity index is 1.92. The molecule has 6 nitrogen and oxygen atoms in total. The first-order valence-electron chi connectivity index (χ1n) is 6.64. The number of benzene rings is 1. The van der Waals surface area contributed by atoms with Gasteiger partial charge in [-0.15, -0.1) is 23.1 Å². The Labute approximate surface area is 145 Å². The number of carbonyl (C=O) groups is 3. The minimum atomic E-state index is -0.879. The van der Waals surface area contributed by atoms with Crippen LogP contribution in [0.25, 0.3) is 0 Å². The summed E-state index contributed by atoms with van der Waals surface area (Å²) >= 11 is 2.40. The third kappa shape index (κ3) is 5.07. The molecule has 0 atom stereocenters. The second-order valence-electron chi connectivity index (χ2n) is 4.40. The average Bonchev–Trinajstić information content (AvgIpc) is 3.02. The molecule has 0 bridgehead atoms. The molecule has 1 aromatic carbocycles. The minimum Gasteiger partial charge on any atom is -0.453 e. The van der Waals surface area contributed by atoms with Crippen LogP contribution in [0, 0.1) is 5.82 Å². The van der Waals surface area contributed by atoms with Crippen LogP contribution in [0.4, 0.5) is 14.2 Å². The fraction of sp³-hybridized carbons (Fsp3) is 0.133. The molecule has 2 aromatic rings. The Kier molecular flexibility index (Phi) is 6.33. The van der Waals surface area contributed by atoms with Crippen molar-refractivity contribution >= 4 is 46.0 Å². The summed E-state index contributed by atoms with van der Waals surface area (Å²) in [5.74, 6) is -1.23. The molecule has 24 heavy (non-hydrogen) atoms. The van der Waals surface area contributed by atoms with Gasteiger partial charge in [0.25, 0.3) is 5.91 Å². The summed E-state index contributed by atoms with van der Waals surface area (Å²) < 4.78 is 17.2. The maximum atomic E-state index is 12.8. The number of hydrogen-bond donors (Lipinski definition) is 2. The van der Waals surface area contributed by atoms with E-state index in [9.17, 15) is 18.8 Å². The summed E-state index contributed by atoms with van der Waals surface area (Å²) in [6.45, 7) is 0. The maximum absolute atomic E-state index is 12.8. The number of hydrogen-bond acceptors (Lipinski definition) is 6. The first kappa shape index (κ1) is 18.0. The average molecular weight is 368 g/mol. The number of nitrogens with one attached hydrogen (secondary N) is 2. The smallest absolute Gasteiger partial charge is 0.413 e. The standard InChI is InChI=1S/C15H13FN2O4S2/c1-22-15(21)18-13(20)11-6-7-23-14(11)17-12(19)8-24-10-4-2-9(16)3-5-10/h2-7H,8H2,1H3,(H,17,19)(H,18,20,21). The normalized spacial score (nSPS) is 10.1. The molecular formula is C15H13FN2O4S2. The van der Waals surface area contributed by atoms with Gasteiger partial charge in [-0.05, 0) is 35.7 Å². The van der Waals surface area contributed by atoms with Crippen LogP contribution in [0.5, 0.6) is 0 Å². The van der Waals surface area contributed by atoms with Crippen LogP contribution in [0.1, 0.15) is 10.4 Å². The van der Waals surface area contributed by atoms with Gasteiger partial charge in [-0.1, -0.05) is 0 Å². The molecular weight excluding hydrogens is 355 g/mol. The lowest BCUT2D eigenvalue weighted by atomic mass is 10.3. The molecule has 9 heteroatoms. The summed E-state index contributed by atoms with van der Waals surface area (Å²) in [4.78, 5) is 35.7. The summed E-state index contributed by atoms with van der Waals surface area (Å²) in [7, 11) is 1.14. The zero-order valence-corrected chi connectivity index (χ0v) is 14.1. The topological polar surface area (TPSA) is 84.5 Å². The molecule has 0 aliphatic carbocycles. The Hall–Kier alpha value is -2.39. The molecule has 0 radical (unpaired) electrons. The van der Waals surface area contributed by atoms with Crippen molar-refractivity contribution in [2.75, 3.05) is 18.2 Å². The molecule has 3 amide bonds. The van der Waals surface area contributed by atoms with Gasteiger partial charge in [0.15, 0.2) is 0 Å². The highest BCUT2D eigenvalue weighted by Gasteiger charge is 2.17. The number of methoxy groups -OCH3 is 1. The number of alkyl carbamates (subject to hydrolysis) is 1. The summed E-state index contributed by atoms with van der Waals surface area (Å²) in [5.41, 5.74) is 0.172. The van der Waals surface area contributed by atoms with Gasteiger partial charge in [-0.25, -0.2) is 9.18 Å². The van der Waals surface area contributed by atoms with Gasteiger partial charge in [0.1, 0.15) is 10.8 Å². The molecule has 2 N–H and O–H groups in total. The summed E-state index contributed by atoms with van der Waals surface area (Å²) in [6, 6.07) is 7.27. The Morgan fingerprint density at radius 1 is 1.21 bits per heavy atom. The van der Waals surface area contributed by atoms with Crippen LogP contribution < -0.4 is 10.6 Å². The Morgan fingerprint density at radius 3 is 2.58 bits per heavy atom. The van der Waals surface area contributed by atoms with Crippen LogP contribution in [0.2, 0.25) is 0 Å². The SMILES string of the molecule is COC(=O)NC(=O)c1ccsc1NC(=O)CSc1ccc(F)cc1. The van der Waals surface area contributed by atoms with Gasteiger partial charge in [0, 0.05) is 4.90 Å². The van der Waals surface area contributed by atoms with E-state index in [2.05, 4.69) is 10.1 Å². The van der Waals surface area contributed by atoms with Crippen molar-refractivity contribution in [1.82, 2.24) is 5.32 Å². The number of thiophene rings is 1. The first-order chi connectivity index (χ1) is 11.5. The largest absolute Gasteiger partial charge is 0.453 e. The van der Waals surface area contributed by atoms with Crippen molar-refractivity contribution in [2.45, 2.75) is 4.90 Å². The Morgan fingerprint density at radius 2 is 1.92 bits per heavy atom. The lowest BCUT2D eigenvalue weighted by molar-refractivity contribution is -0.113. The van der Waals surface area contributed by atoms with Gasteiger partial charge in [0.2, 0.25) is 5.91 Å². The molecule has 1 aromatic heterocycles. The predicted octanol–water partition coefficient (Wildman–Crippen LogP) is 3.11. The maximum Gasteiger partial charge on any atom is 0.413 e. The van der Waals surface area contributed by atoms with E-state index in [0.29, 0.717) is 5.00 Å². The quantitative estimate of drug-likeness (QED) is 0.792. The van der Waals surface area contributed by atoms with Crippen LogP contribution in [-0.4, -0.2) is 30.8 Å². The van der Waals surface area contributed by atoms with Crippen molar-refractivity contribution in [3.05, 3.63) is 47.1 Å². The molecule has 0 saturated heterocycles. The third-order valence-corrected chi connectivity index (χ3v) is 4.59. The van der Waals surface area contributed by atoms with E-state index in [1.54, 1.807) is 17.5 Å². The Bertz CT molecular complexity index is 746. The number of imide groups is 1. The van der Waals surface area contributed by atoms with E-state index in [1.807, 2.05) is 5.32 Å². The lowest BCUT2D eigenvalue weighted by Crippen LogP contribution is -2.30. The zero-order chi connectivity index (χ0) is 17.5. The van der Waals surface area contributed by atoms with Gasteiger partial charge in [0.05, 0.1) is 18.4 Å². The first-order valence-corrected chi connectivity index (χ1v) is 8.51. The van der Waals surface area contributed by atoms with E-state index >= 15 is 0 Å². The van der Waals surface area contributed by atoms with E-state index < -0.39 is 12.0 Å². The van der Waals surface area contributed by atoms with Crippen molar-refractivity contribution in [1.29, 1.82) is 0 Å². The number of rotatable bonds is 5. The van der Waals surface area contributed by atoms with Gasteiger partial charge < -0.3 is 10.1 Å². The number of ether oxygens (including phenoxy) is 1. The second-order valence-corrected chi connectivity index (χ2v) is 6.36. The van der Waals surface area contributed by atoms with E-state index in [1.165, 1.54) is 30.0 Å². The fourth-order valence-corrected chi connectivity index (χ4v) is 3.14. The second kappa shape index (κ2) is 8.46. The van der Waals surface area contributed by atoms with E-state index in [4.69, 9.17) is 0 Å². The predicted molar refractivity (Wildman–Crippen MR) is 89.9 cm³/mol. The third-order valence-electron chi connectivity index (χ3n) is 2.75. The molecule has 0 fully saturated rings. The summed E-state index contributed by atoms with van der Waals surface area (Å²) in [5, 5.41) is 6.59. The van der Waals surface area contributed by atoms with Gasteiger partial charge in [-0.2, -0.15) is 0 Å². The van der Waals surface area contributed by atoms with Crippen molar-refractivity contribution < 1.29 is 23.5 Å². The van der Waals surface area contributed by atoms with Crippen LogP contribution in [0.15, 0.2) is 40.6 Å². The van der Waals surface area contributed by atoms with Crippen molar-refractivity contribution in [3.63, 3.8) is 0 Å². The van der Waals surface area contributed by atoms with Gasteiger partial charge in [-0.3, -0.25) is 14.9 Å². The van der Waals surface area contributed by atoms with Crippen LogP contribution in [-0.2, 0) is 9.53 Å². The highest BCUT2D eigenvalue weighted by molar-refractivity contribution is 8.00. The van der Waals surface area contributed by atoms with Crippen molar-refractivity contribution in [3.8, 4) is 0 Å². The molecule has 0 aliphatic rings. The molecule has 126 valence electrons. The molecule has 0 unspecified atom stereocenters. The summed E-state index contributed by atoms with van der Waals surface area (Å²) in [6.07, 6.45) is -0.879. The zero-order valence-electron chi connectivity index (χ0n) is 12.5. The number of amides is 3. The molecule has 0 saturated carbocycles. The van der Waals surface area contributed by atoms with Crippen LogP contribution >= 0.6 is 23.1 Å². The van der Waals surface area contributed by atoms with E-state index in [-0.39, 0.29) is 23.0 Å². The highest BCUT2D eigenvalue weighted by atomic mass is 32.2. The van der Waals surface area contributed by atoms with Crippen molar-refractivity contribution in [2.24, 2.45) is 0 Å². The number of anilines is 1.